The maximum atomic E-state index is 11.7. The zero-order valence-corrected chi connectivity index (χ0v) is 15.1. The SMILES string of the molecule is COC(=O)c1sc2cc(NC(=S)Nc3cc(C)on3)ccc2c1Cl. The molecule has 0 saturated heterocycles. The van der Waals surface area contributed by atoms with Crippen LogP contribution < -0.4 is 10.6 Å². The van der Waals surface area contributed by atoms with Crippen LogP contribution in [0, 0.1) is 6.92 Å². The van der Waals surface area contributed by atoms with Crippen molar-refractivity contribution in [3.05, 3.63) is 39.9 Å². The van der Waals surface area contributed by atoms with Crippen molar-refractivity contribution in [2.75, 3.05) is 17.7 Å². The largest absolute Gasteiger partial charge is 0.465 e. The van der Waals surface area contributed by atoms with E-state index in [9.17, 15) is 4.79 Å². The minimum atomic E-state index is -0.450. The molecule has 0 aliphatic carbocycles. The minimum absolute atomic E-state index is 0.374. The number of nitrogens with zero attached hydrogens (tertiary/aromatic N) is 1. The van der Waals surface area contributed by atoms with Crippen LogP contribution in [-0.4, -0.2) is 23.3 Å². The summed E-state index contributed by atoms with van der Waals surface area (Å²) in [5, 5.41) is 11.3. The highest BCUT2D eigenvalue weighted by Crippen LogP contribution is 2.37. The molecule has 0 radical (unpaired) electrons. The first-order valence-electron chi connectivity index (χ1n) is 6.79. The molecule has 3 aromatic rings. The normalized spacial score (nSPS) is 10.6. The number of ether oxygens (including phenoxy) is 1. The van der Waals surface area contributed by atoms with Crippen molar-refractivity contribution in [3.8, 4) is 0 Å². The number of esters is 1. The summed E-state index contributed by atoms with van der Waals surface area (Å²) in [5.41, 5.74) is 0.759. The average molecular weight is 382 g/mol. The molecule has 0 spiro atoms. The fourth-order valence-electron chi connectivity index (χ4n) is 2.07. The van der Waals surface area contributed by atoms with Gasteiger partial charge in [-0.3, -0.25) is 0 Å². The lowest BCUT2D eigenvalue weighted by atomic mass is 10.2. The summed E-state index contributed by atoms with van der Waals surface area (Å²) in [5.74, 6) is 0.762. The van der Waals surface area contributed by atoms with Gasteiger partial charge in [-0.05, 0) is 37.3 Å². The number of carbonyl (C=O) groups excluding carboxylic acids is 1. The lowest BCUT2D eigenvalue weighted by Crippen LogP contribution is -2.19. The molecule has 0 saturated carbocycles. The third kappa shape index (κ3) is 3.35. The molecule has 2 aromatic heterocycles. The molecule has 9 heteroatoms. The maximum Gasteiger partial charge on any atom is 0.349 e. The molecular weight excluding hydrogens is 370 g/mol. The van der Waals surface area contributed by atoms with Gasteiger partial charge in [-0.2, -0.15) is 0 Å². The second-order valence-electron chi connectivity index (χ2n) is 4.85. The Morgan fingerprint density at radius 2 is 2.17 bits per heavy atom. The molecule has 0 bridgehead atoms. The zero-order valence-electron chi connectivity index (χ0n) is 12.7. The molecule has 6 nitrogen and oxygen atoms in total. The number of methoxy groups -OCH3 is 1. The van der Waals surface area contributed by atoms with E-state index in [1.807, 2.05) is 18.2 Å². The van der Waals surface area contributed by atoms with Crippen LogP contribution >= 0.6 is 35.2 Å². The molecule has 24 heavy (non-hydrogen) atoms. The summed E-state index contributed by atoms with van der Waals surface area (Å²) < 4.78 is 10.6. The van der Waals surface area contributed by atoms with Crippen LogP contribution in [0.5, 0.6) is 0 Å². The van der Waals surface area contributed by atoms with Crippen LogP contribution in [0.2, 0.25) is 5.02 Å². The van der Waals surface area contributed by atoms with E-state index >= 15 is 0 Å². The van der Waals surface area contributed by atoms with E-state index in [0.717, 1.165) is 15.8 Å². The highest BCUT2D eigenvalue weighted by atomic mass is 35.5. The Balaban J connectivity index is 1.80. The van der Waals surface area contributed by atoms with Gasteiger partial charge in [-0.1, -0.05) is 16.8 Å². The fraction of sp³-hybridized carbons (Fsp3) is 0.133. The second kappa shape index (κ2) is 6.76. The van der Waals surface area contributed by atoms with E-state index in [1.165, 1.54) is 18.4 Å². The van der Waals surface area contributed by atoms with Crippen molar-refractivity contribution in [3.63, 3.8) is 0 Å². The van der Waals surface area contributed by atoms with Crippen molar-refractivity contribution in [1.82, 2.24) is 5.16 Å². The Bertz CT molecular complexity index is 935. The highest BCUT2D eigenvalue weighted by Gasteiger charge is 2.17. The lowest BCUT2D eigenvalue weighted by Gasteiger charge is -2.08. The number of hydrogen-bond donors (Lipinski definition) is 2. The second-order valence-corrected chi connectivity index (χ2v) is 6.69. The first-order chi connectivity index (χ1) is 11.5. The number of nitrogens with one attached hydrogen (secondary N) is 2. The molecular formula is C15H12ClN3O3S2. The fourth-order valence-corrected chi connectivity index (χ4v) is 3.76. The van der Waals surface area contributed by atoms with E-state index in [1.54, 1.807) is 13.0 Å². The molecule has 1 aromatic carbocycles. The highest BCUT2D eigenvalue weighted by molar-refractivity contribution is 7.80. The number of thiocarbonyl (C=S) groups is 1. The topological polar surface area (TPSA) is 76.4 Å². The van der Waals surface area contributed by atoms with E-state index in [4.69, 9.17) is 33.1 Å². The number of halogens is 1. The molecule has 124 valence electrons. The molecule has 0 atom stereocenters. The third-order valence-electron chi connectivity index (χ3n) is 3.13. The number of aryl methyl sites for hydroxylation is 1. The van der Waals surface area contributed by atoms with Gasteiger partial charge >= 0.3 is 5.97 Å². The molecule has 0 aliphatic rings. The number of fused-ring (bicyclic) bond motifs is 1. The smallest absolute Gasteiger partial charge is 0.349 e. The monoisotopic (exact) mass is 381 g/mol. The quantitative estimate of drug-likeness (QED) is 0.512. The van der Waals surface area contributed by atoms with Crippen molar-refractivity contribution >= 4 is 67.8 Å². The number of benzene rings is 1. The maximum absolute atomic E-state index is 11.7. The third-order valence-corrected chi connectivity index (χ3v) is 4.97. The van der Waals surface area contributed by atoms with E-state index in [2.05, 4.69) is 15.8 Å². The van der Waals surface area contributed by atoms with Crippen molar-refractivity contribution in [2.45, 2.75) is 6.92 Å². The van der Waals surface area contributed by atoms with Gasteiger partial charge in [0, 0.05) is 21.8 Å². The summed E-state index contributed by atoms with van der Waals surface area (Å²) in [7, 11) is 1.33. The predicted octanol–water partition coefficient (Wildman–Crippen LogP) is 4.45. The van der Waals surface area contributed by atoms with E-state index in [0.29, 0.717) is 26.6 Å². The predicted molar refractivity (Wildman–Crippen MR) is 99.3 cm³/mol. The summed E-state index contributed by atoms with van der Waals surface area (Å²) in [6.45, 7) is 1.79. The van der Waals surface area contributed by atoms with E-state index < -0.39 is 5.97 Å². The average Bonchev–Trinajstić information content (AvgIpc) is 3.10. The molecule has 2 heterocycles. The van der Waals surface area contributed by atoms with Gasteiger partial charge in [0.1, 0.15) is 10.6 Å². The van der Waals surface area contributed by atoms with Crippen molar-refractivity contribution in [2.24, 2.45) is 0 Å². The molecule has 3 rings (SSSR count). The molecule has 0 aliphatic heterocycles. The standard InChI is InChI=1S/C15H12ClN3O3S2/c1-7-5-11(19-22-7)18-15(23)17-8-3-4-9-10(6-8)24-13(12(9)16)14(20)21-2/h3-6H,1-2H3,(H2,17,18,19,23). The van der Waals surface area contributed by atoms with Crippen LogP contribution in [0.25, 0.3) is 10.1 Å². The van der Waals surface area contributed by atoms with E-state index in [-0.39, 0.29) is 0 Å². The van der Waals surface area contributed by atoms with Crippen LogP contribution in [-0.2, 0) is 4.74 Å². The summed E-state index contributed by atoms with van der Waals surface area (Å²) >= 11 is 12.7. The van der Waals surface area contributed by atoms with Gasteiger partial charge in [0.05, 0.1) is 12.1 Å². The number of hydrogen-bond acceptors (Lipinski definition) is 6. The molecule has 0 amide bonds. The van der Waals surface area contributed by atoms with Crippen LogP contribution in [0.3, 0.4) is 0 Å². The van der Waals surface area contributed by atoms with Crippen molar-refractivity contribution in [1.29, 1.82) is 0 Å². The van der Waals surface area contributed by atoms with Gasteiger partial charge in [0.25, 0.3) is 0 Å². The minimum Gasteiger partial charge on any atom is -0.465 e. The molecule has 0 unspecified atom stereocenters. The number of thiophene rings is 1. The Morgan fingerprint density at radius 1 is 1.38 bits per heavy atom. The van der Waals surface area contributed by atoms with Gasteiger partial charge in [-0.25, -0.2) is 4.79 Å². The number of anilines is 2. The molecule has 2 N–H and O–H groups in total. The Kier molecular flexibility index (Phi) is 4.70. The van der Waals surface area contributed by atoms with Gasteiger partial charge in [0.15, 0.2) is 10.9 Å². The Hall–Kier alpha value is -2.16. The Morgan fingerprint density at radius 3 is 2.83 bits per heavy atom. The summed E-state index contributed by atoms with van der Waals surface area (Å²) in [6, 6.07) is 7.25. The summed E-state index contributed by atoms with van der Waals surface area (Å²) in [4.78, 5) is 12.1. The first kappa shape index (κ1) is 16.7. The van der Waals surface area contributed by atoms with Crippen LogP contribution in [0.4, 0.5) is 11.5 Å². The molecule has 0 fully saturated rings. The van der Waals surface area contributed by atoms with Gasteiger partial charge in [0.2, 0.25) is 0 Å². The number of aromatic nitrogens is 1. The van der Waals surface area contributed by atoms with Crippen molar-refractivity contribution < 1.29 is 14.1 Å². The van der Waals surface area contributed by atoms with Crippen LogP contribution in [0.15, 0.2) is 28.8 Å². The number of carbonyl (C=O) groups is 1. The Labute approximate surface area is 151 Å². The zero-order chi connectivity index (χ0) is 17.3. The van der Waals surface area contributed by atoms with Gasteiger partial charge < -0.3 is 19.9 Å². The van der Waals surface area contributed by atoms with Crippen LogP contribution in [0.1, 0.15) is 15.4 Å². The number of rotatable bonds is 3. The summed E-state index contributed by atoms with van der Waals surface area (Å²) in [6.07, 6.45) is 0. The van der Waals surface area contributed by atoms with Gasteiger partial charge in [-0.15, -0.1) is 11.3 Å². The lowest BCUT2D eigenvalue weighted by molar-refractivity contribution is 0.0606. The first-order valence-corrected chi connectivity index (χ1v) is 8.40.